The normalized spacial score (nSPS) is 25.7. The topological polar surface area (TPSA) is 101 Å². The molecular formula is C25H24Cl2FN3O5S. The van der Waals surface area contributed by atoms with Gasteiger partial charge in [-0.25, -0.2) is 17.6 Å². The molecule has 196 valence electrons. The van der Waals surface area contributed by atoms with E-state index in [-0.39, 0.29) is 35.6 Å². The van der Waals surface area contributed by atoms with Crippen LogP contribution in [0.15, 0.2) is 41.4 Å². The van der Waals surface area contributed by atoms with Crippen molar-refractivity contribution in [1.82, 2.24) is 9.88 Å². The Bertz CT molecular complexity index is 1560. The van der Waals surface area contributed by atoms with Crippen molar-refractivity contribution in [2.24, 2.45) is 17.3 Å². The van der Waals surface area contributed by atoms with Crippen LogP contribution in [-0.4, -0.2) is 49.2 Å². The van der Waals surface area contributed by atoms with Crippen molar-refractivity contribution < 1.29 is 27.1 Å². The summed E-state index contributed by atoms with van der Waals surface area (Å²) in [6.45, 7) is 6.24. The van der Waals surface area contributed by atoms with Gasteiger partial charge in [0.1, 0.15) is 10.5 Å². The summed E-state index contributed by atoms with van der Waals surface area (Å²) < 4.78 is 55.4. The van der Waals surface area contributed by atoms with Crippen LogP contribution in [0.2, 0.25) is 10.0 Å². The molecule has 8 nitrogen and oxygen atoms in total. The number of carbonyl (C=O) groups excluding carboxylic acids is 1. The van der Waals surface area contributed by atoms with Gasteiger partial charge in [0.05, 0.1) is 27.9 Å². The Morgan fingerprint density at radius 1 is 1.24 bits per heavy atom. The summed E-state index contributed by atoms with van der Waals surface area (Å²) >= 11 is 12.3. The first kappa shape index (κ1) is 24.6. The van der Waals surface area contributed by atoms with Crippen LogP contribution in [0.3, 0.4) is 0 Å². The smallest absolute Gasteiger partial charge is 0.410 e. The number of hydrogen-bond acceptors (Lipinski definition) is 5. The molecule has 2 aliphatic carbocycles. The Morgan fingerprint density at radius 3 is 2.70 bits per heavy atom. The van der Waals surface area contributed by atoms with E-state index in [0.717, 1.165) is 0 Å². The van der Waals surface area contributed by atoms with E-state index in [1.165, 1.54) is 36.5 Å². The molecule has 1 aromatic heterocycles. The third-order valence-corrected chi connectivity index (χ3v) is 9.45. The lowest BCUT2D eigenvalue weighted by Crippen LogP contribution is -2.36. The number of benzene rings is 2. The van der Waals surface area contributed by atoms with Crippen LogP contribution in [0.4, 0.5) is 14.9 Å². The Kier molecular flexibility index (Phi) is 5.27. The maximum atomic E-state index is 15.4. The van der Waals surface area contributed by atoms with Crippen molar-refractivity contribution in [3.8, 4) is 5.75 Å². The van der Waals surface area contributed by atoms with E-state index >= 15 is 4.39 Å². The van der Waals surface area contributed by atoms with Crippen LogP contribution < -0.4 is 9.46 Å². The van der Waals surface area contributed by atoms with E-state index < -0.39 is 26.3 Å². The average molecular weight is 568 g/mol. The van der Waals surface area contributed by atoms with Gasteiger partial charge in [-0.3, -0.25) is 4.72 Å². The van der Waals surface area contributed by atoms with Crippen molar-refractivity contribution in [1.29, 1.82) is 0 Å². The molecule has 4 atom stereocenters. The number of anilines is 1. The second-order valence-electron chi connectivity index (χ2n) is 10.8. The largest absolute Gasteiger partial charge is 0.490 e. The minimum absolute atomic E-state index is 0.0175. The number of hydrogen-bond donors (Lipinski definition) is 2. The predicted octanol–water partition coefficient (Wildman–Crippen LogP) is 5.66. The summed E-state index contributed by atoms with van der Waals surface area (Å²) in [6.07, 6.45) is 1.14. The number of halogens is 3. The summed E-state index contributed by atoms with van der Waals surface area (Å²) in [4.78, 5) is 16.6. The van der Waals surface area contributed by atoms with Crippen molar-refractivity contribution in [3.63, 3.8) is 0 Å². The molecule has 2 aromatic carbocycles. The summed E-state index contributed by atoms with van der Waals surface area (Å²) in [7, 11) is -4.32. The van der Waals surface area contributed by atoms with E-state index in [1.807, 2.05) is 20.8 Å². The number of amides is 1. The fourth-order valence-corrected chi connectivity index (χ4v) is 7.44. The van der Waals surface area contributed by atoms with E-state index in [1.54, 1.807) is 4.90 Å². The maximum absolute atomic E-state index is 15.4. The van der Waals surface area contributed by atoms with Gasteiger partial charge in [-0.05, 0) is 56.9 Å². The third kappa shape index (κ3) is 3.75. The van der Waals surface area contributed by atoms with Crippen LogP contribution in [0, 0.1) is 23.1 Å². The highest BCUT2D eigenvalue weighted by Gasteiger charge is 2.93. The molecule has 1 amide bonds. The highest BCUT2D eigenvalue weighted by Crippen LogP contribution is 2.85. The van der Waals surface area contributed by atoms with Crippen molar-refractivity contribution >= 4 is 55.9 Å². The molecule has 4 aliphatic rings. The standard InChI is InChI=1S/C25H24Cl2FN3O5S/c1-24(2,3)36-23(32)31-10-12-19-22(31)25(12,19)11-35-16-5-4-6-17(20(16)28)37(33,34)30-15-8-7-13(26)18-14(27)9-29-21(15)18/h4-9,12,19,22,29-30H,10-11H2,1-3H3/t12-,19-,22?,25+/m1/s1. The van der Waals surface area contributed by atoms with Crippen LogP contribution >= 0.6 is 23.2 Å². The molecule has 3 aromatic rings. The number of piperidine rings is 1. The van der Waals surface area contributed by atoms with Gasteiger partial charge >= 0.3 is 6.09 Å². The molecule has 2 N–H and O–H groups in total. The second kappa shape index (κ2) is 7.91. The van der Waals surface area contributed by atoms with Gasteiger partial charge in [-0.2, -0.15) is 0 Å². The van der Waals surface area contributed by atoms with Gasteiger partial charge in [0.15, 0.2) is 11.6 Å². The summed E-state index contributed by atoms with van der Waals surface area (Å²) in [5.41, 5.74) is -0.241. The monoisotopic (exact) mass is 567 g/mol. The van der Waals surface area contributed by atoms with Crippen LogP contribution in [0.25, 0.3) is 10.9 Å². The molecule has 7 rings (SSSR count). The van der Waals surface area contributed by atoms with Gasteiger partial charge in [0.25, 0.3) is 10.0 Å². The zero-order valence-electron chi connectivity index (χ0n) is 20.1. The number of fused-ring (bicyclic) bond motifs is 2. The lowest BCUT2D eigenvalue weighted by atomic mass is 10.1. The SMILES string of the molecule is CC(C)(C)OC(=O)N1C[C@@H]2[C@@H]3C1[C@@]23COc1cccc(S(=O)(=O)Nc2ccc(Cl)c3c(Cl)c[nH]c23)c1F. The zero-order chi connectivity index (χ0) is 26.5. The molecule has 2 saturated carbocycles. The van der Waals surface area contributed by atoms with Gasteiger partial charge < -0.3 is 19.4 Å². The van der Waals surface area contributed by atoms with Crippen LogP contribution in [0.5, 0.6) is 5.75 Å². The van der Waals surface area contributed by atoms with E-state index in [2.05, 4.69) is 9.71 Å². The number of sulfonamides is 1. The Labute approximate surface area is 223 Å². The van der Waals surface area contributed by atoms with Gasteiger partial charge in [-0.15, -0.1) is 0 Å². The highest BCUT2D eigenvalue weighted by atomic mass is 35.5. The molecule has 4 fully saturated rings. The van der Waals surface area contributed by atoms with Gasteiger partial charge in [0, 0.05) is 29.6 Å². The van der Waals surface area contributed by atoms with E-state index in [9.17, 15) is 13.2 Å². The molecule has 12 heteroatoms. The molecule has 37 heavy (non-hydrogen) atoms. The minimum Gasteiger partial charge on any atom is -0.490 e. The number of nitrogens with zero attached hydrogens (tertiary/aromatic N) is 1. The van der Waals surface area contributed by atoms with Crippen molar-refractivity contribution in [3.05, 3.63) is 52.4 Å². The predicted molar refractivity (Wildman–Crippen MR) is 137 cm³/mol. The van der Waals surface area contributed by atoms with Crippen LogP contribution in [-0.2, 0) is 14.8 Å². The quantitative estimate of drug-likeness (QED) is 0.400. The molecule has 2 bridgehead atoms. The molecule has 2 saturated heterocycles. The molecule has 3 heterocycles. The molecular weight excluding hydrogens is 544 g/mol. The number of carbonyl (C=O) groups is 1. The molecule has 2 aliphatic heterocycles. The van der Waals surface area contributed by atoms with Crippen molar-refractivity contribution in [2.75, 3.05) is 17.9 Å². The first-order valence-corrected chi connectivity index (χ1v) is 14.0. The Hall–Kier alpha value is -2.69. The Morgan fingerprint density at radius 2 is 2.00 bits per heavy atom. The lowest BCUT2D eigenvalue weighted by molar-refractivity contribution is 0.0271. The fraction of sp³-hybridized carbons (Fsp3) is 0.400. The lowest BCUT2D eigenvalue weighted by Gasteiger charge is -2.24. The van der Waals surface area contributed by atoms with Crippen molar-refractivity contribution in [2.45, 2.75) is 37.3 Å². The second-order valence-corrected chi connectivity index (χ2v) is 13.2. The summed E-state index contributed by atoms with van der Waals surface area (Å²) in [5.74, 6) is -0.546. The molecule has 0 radical (unpaired) electrons. The number of H-pyrrole nitrogens is 1. The maximum Gasteiger partial charge on any atom is 0.410 e. The van der Waals surface area contributed by atoms with E-state index in [4.69, 9.17) is 32.7 Å². The molecule has 0 spiro atoms. The number of aromatic amines is 1. The summed E-state index contributed by atoms with van der Waals surface area (Å²) in [5, 5.41) is 1.14. The summed E-state index contributed by atoms with van der Waals surface area (Å²) in [6, 6.07) is 6.98. The van der Waals surface area contributed by atoms with Crippen LogP contribution in [0.1, 0.15) is 20.8 Å². The van der Waals surface area contributed by atoms with Gasteiger partial charge in [0.2, 0.25) is 0 Å². The minimum atomic E-state index is -4.32. The molecule has 1 unspecified atom stereocenters. The average Bonchev–Trinajstić information content (AvgIpc) is 3.33. The highest BCUT2D eigenvalue weighted by molar-refractivity contribution is 7.92. The first-order valence-electron chi connectivity index (χ1n) is 11.7. The fourth-order valence-electron chi connectivity index (χ4n) is 5.72. The third-order valence-electron chi connectivity index (χ3n) is 7.45. The van der Waals surface area contributed by atoms with Gasteiger partial charge in [-0.1, -0.05) is 29.3 Å². The Balaban J connectivity index is 1.18. The number of aromatic nitrogens is 1. The number of nitrogens with one attached hydrogen (secondary N) is 2. The first-order chi connectivity index (χ1) is 17.3. The number of rotatable bonds is 6. The zero-order valence-corrected chi connectivity index (χ0v) is 22.5. The van der Waals surface area contributed by atoms with E-state index in [0.29, 0.717) is 39.3 Å². The number of ether oxygens (including phenoxy) is 2.